The molecule has 0 bridgehead atoms. The number of halogens is 5. The summed E-state index contributed by atoms with van der Waals surface area (Å²) in [6.45, 7) is 3.47. The zero-order chi connectivity index (χ0) is 20.6. The number of hydrazone groups is 1. The average molecular weight is 450 g/mol. The maximum atomic E-state index is 15.0. The fourth-order valence-corrected chi connectivity index (χ4v) is 2.52. The van der Waals surface area contributed by atoms with Crippen molar-refractivity contribution >= 4 is 22.3 Å². The molecule has 1 atom stereocenters. The summed E-state index contributed by atoms with van der Waals surface area (Å²) >= 11 is 3.11. The molecule has 10 heteroatoms. The first kappa shape index (κ1) is 22.8. The summed E-state index contributed by atoms with van der Waals surface area (Å²) < 4.78 is 57.8. The number of aromatic nitrogens is 1. The Balaban J connectivity index is 0.00000176. The molecule has 27 heavy (non-hydrogen) atoms. The van der Waals surface area contributed by atoms with Crippen molar-refractivity contribution in [3.8, 4) is 0 Å². The number of benzene rings is 1. The van der Waals surface area contributed by atoms with Crippen molar-refractivity contribution in [1.29, 1.82) is 0 Å². The van der Waals surface area contributed by atoms with Gasteiger partial charge in [0.15, 0.2) is 0 Å². The van der Waals surface area contributed by atoms with Crippen LogP contribution in [-0.2, 0) is 5.92 Å². The standard InChI is InChI=1S/C15H14BrF4N5.C2H6/c16-9-1-4-14(23-6-9)15(19,20)12(7-25(22)8-24-21)11-3-2-10(17)5-13(11)18;1-2/h1-6,8,12H,7,21-22H2;1-2H3/b24-8-;. The van der Waals surface area contributed by atoms with Crippen LogP contribution in [0.25, 0.3) is 0 Å². The largest absolute Gasteiger partial charge is 0.322 e. The van der Waals surface area contributed by atoms with Crippen LogP contribution in [0.4, 0.5) is 17.6 Å². The van der Waals surface area contributed by atoms with Crippen LogP contribution in [-0.4, -0.2) is 22.9 Å². The molecular formula is C17H20BrF4N5. The second-order valence-electron chi connectivity index (χ2n) is 5.16. The Morgan fingerprint density at radius 1 is 1.26 bits per heavy atom. The van der Waals surface area contributed by atoms with Gasteiger partial charge in [0, 0.05) is 23.3 Å². The van der Waals surface area contributed by atoms with Gasteiger partial charge in [-0.25, -0.2) is 14.6 Å². The number of nitrogens with two attached hydrogens (primary N) is 2. The van der Waals surface area contributed by atoms with Crippen molar-refractivity contribution in [2.24, 2.45) is 16.8 Å². The highest BCUT2D eigenvalue weighted by Crippen LogP contribution is 2.42. The van der Waals surface area contributed by atoms with Crippen LogP contribution in [0.2, 0.25) is 0 Å². The zero-order valence-electron chi connectivity index (χ0n) is 14.7. The van der Waals surface area contributed by atoms with Crippen molar-refractivity contribution in [3.63, 3.8) is 0 Å². The Morgan fingerprint density at radius 2 is 1.93 bits per heavy atom. The minimum atomic E-state index is -3.60. The molecule has 0 saturated heterocycles. The van der Waals surface area contributed by atoms with E-state index >= 15 is 8.78 Å². The number of hydrazine groups is 1. The number of hydrogen-bond acceptors (Lipinski definition) is 4. The fourth-order valence-electron chi connectivity index (χ4n) is 2.29. The van der Waals surface area contributed by atoms with E-state index in [1.54, 1.807) is 0 Å². The van der Waals surface area contributed by atoms with Crippen LogP contribution < -0.4 is 11.7 Å². The summed E-state index contributed by atoms with van der Waals surface area (Å²) in [5.74, 6) is 3.15. The normalized spacial score (nSPS) is 12.4. The Hall–Kier alpha value is -2.20. The molecular weight excluding hydrogens is 430 g/mol. The van der Waals surface area contributed by atoms with Gasteiger partial charge >= 0.3 is 0 Å². The molecule has 5 nitrogen and oxygen atoms in total. The summed E-state index contributed by atoms with van der Waals surface area (Å²) in [5.41, 5.74) is -0.987. The lowest BCUT2D eigenvalue weighted by atomic mass is 9.89. The van der Waals surface area contributed by atoms with Gasteiger partial charge in [-0.2, -0.15) is 13.9 Å². The average Bonchev–Trinajstić information content (AvgIpc) is 2.62. The smallest absolute Gasteiger partial charge is 0.298 e. The molecule has 0 aliphatic rings. The molecule has 0 radical (unpaired) electrons. The summed E-state index contributed by atoms with van der Waals surface area (Å²) in [5, 5.41) is 3.93. The van der Waals surface area contributed by atoms with Crippen LogP contribution in [0.5, 0.6) is 0 Å². The second-order valence-corrected chi connectivity index (χ2v) is 6.08. The van der Waals surface area contributed by atoms with E-state index in [4.69, 9.17) is 11.7 Å². The third-order valence-electron chi connectivity index (χ3n) is 3.45. The van der Waals surface area contributed by atoms with E-state index in [1.165, 1.54) is 12.3 Å². The summed E-state index contributed by atoms with van der Waals surface area (Å²) in [4.78, 5) is 3.69. The maximum absolute atomic E-state index is 15.0. The predicted octanol–water partition coefficient (Wildman–Crippen LogP) is 4.10. The van der Waals surface area contributed by atoms with Gasteiger partial charge in [0.05, 0.1) is 5.92 Å². The van der Waals surface area contributed by atoms with E-state index < -0.39 is 41.3 Å². The van der Waals surface area contributed by atoms with E-state index in [0.29, 0.717) is 10.5 Å². The first-order valence-corrected chi connectivity index (χ1v) is 8.74. The van der Waals surface area contributed by atoms with Crippen molar-refractivity contribution in [1.82, 2.24) is 9.99 Å². The second kappa shape index (κ2) is 10.2. The Bertz CT molecular complexity index is 755. The molecule has 0 spiro atoms. The van der Waals surface area contributed by atoms with Crippen molar-refractivity contribution in [2.75, 3.05) is 6.54 Å². The van der Waals surface area contributed by atoms with Gasteiger partial charge in [-0.3, -0.25) is 9.99 Å². The topological polar surface area (TPSA) is 80.5 Å². The highest BCUT2D eigenvalue weighted by molar-refractivity contribution is 9.10. The number of hydrogen-bond donors (Lipinski definition) is 2. The van der Waals surface area contributed by atoms with Gasteiger partial charge in [0.1, 0.15) is 23.7 Å². The monoisotopic (exact) mass is 449 g/mol. The van der Waals surface area contributed by atoms with Crippen LogP contribution in [0.3, 0.4) is 0 Å². The molecule has 2 aromatic rings. The van der Waals surface area contributed by atoms with Crippen molar-refractivity contribution in [3.05, 3.63) is 63.9 Å². The van der Waals surface area contributed by atoms with Gasteiger partial charge in [-0.05, 0) is 39.7 Å². The molecule has 2 rings (SSSR count). The number of rotatable bonds is 6. The summed E-state index contributed by atoms with van der Waals surface area (Å²) in [6.07, 6.45) is 2.11. The molecule has 0 fully saturated rings. The highest BCUT2D eigenvalue weighted by atomic mass is 79.9. The zero-order valence-corrected chi connectivity index (χ0v) is 16.3. The SMILES string of the molecule is CC.N/N=C\N(N)CC(c1ccc(F)cc1F)C(F)(F)c1ccc(Br)cn1. The Labute approximate surface area is 163 Å². The lowest BCUT2D eigenvalue weighted by Gasteiger charge is -2.29. The third kappa shape index (κ3) is 5.90. The van der Waals surface area contributed by atoms with Gasteiger partial charge in [-0.15, -0.1) is 0 Å². The van der Waals surface area contributed by atoms with Crippen molar-refractivity contribution in [2.45, 2.75) is 25.7 Å². The minimum absolute atomic E-state index is 0.406. The molecule has 148 valence electrons. The molecule has 0 aliphatic heterocycles. The molecule has 1 aromatic heterocycles. The lowest BCUT2D eigenvalue weighted by Crippen LogP contribution is -2.40. The molecule has 1 heterocycles. The molecule has 1 unspecified atom stereocenters. The number of pyridine rings is 1. The third-order valence-corrected chi connectivity index (χ3v) is 3.92. The van der Waals surface area contributed by atoms with Gasteiger partial charge < -0.3 is 5.84 Å². The number of alkyl halides is 2. The number of nitrogens with zero attached hydrogens (tertiary/aromatic N) is 3. The lowest BCUT2D eigenvalue weighted by molar-refractivity contribution is -0.0443. The van der Waals surface area contributed by atoms with E-state index in [1.807, 2.05) is 13.8 Å². The summed E-state index contributed by atoms with van der Waals surface area (Å²) in [7, 11) is 0. The van der Waals surface area contributed by atoms with Crippen LogP contribution in [0.1, 0.15) is 31.0 Å². The van der Waals surface area contributed by atoms with E-state index in [0.717, 1.165) is 29.5 Å². The van der Waals surface area contributed by atoms with Gasteiger partial charge in [-0.1, -0.05) is 19.9 Å². The fraction of sp³-hybridized carbons (Fsp3) is 0.294. The van der Waals surface area contributed by atoms with E-state index in [9.17, 15) is 8.78 Å². The van der Waals surface area contributed by atoms with Crippen LogP contribution >= 0.6 is 15.9 Å². The maximum Gasteiger partial charge on any atom is 0.298 e. The summed E-state index contributed by atoms with van der Waals surface area (Å²) in [6, 6.07) is 4.88. The Morgan fingerprint density at radius 3 is 2.44 bits per heavy atom. The minimum Gasteiger partial charge on any atom is -0.322 e. The first-order valence-electron chi connectivity index (χ1n) is 7.95. The molecule has 0 amide bonds. The van der Waals surface area contributed by atoms with Gasteiger partial charge in [0.25, 0.3) is 5.92 Å². The predicted molar refractivity (Wildman–Crippen MR) is 99.9 cm³/mol. The van der Waals surface area contributed by atoms with Crippen molar-refractivity contribution < 1.29 is 17.6 Å². The van der Waals surface area contributed by atoms with Crippen LogP contribution in [0.15, 0.2) is 46.1 Å². The quantitative estimate of drug-likeness (QED) is 0.228. The van der Waals surface area contributed by atoms with E-state index in [-0.39, 0.29) is 0 Å². The van der Waals surface area contributed by atoms with Crippen LogP contribution in [0, 0.1) is 11.6 Å². The van der Waals surface area contributed by atoms with Gasteiger partial charge in [0.2, 0.25) is 0 Å². The molecule has 0 saturated carbocycles. The van der Waals surface area contributed by atoms with E-state index in [2.05, 4.69) is 26.0 Å². The molecule has 0 aliphatic carbocycles. The Kier molecular flexibility index (Phi) is 8.64. The first-order chi connectivity index (χ1) is 12.8. The molecule has 1 aromatic carbocycles. The molecule has 4 N–H and O–H groups in total. The highest BCUT2D eigenvalue weighted by Gasteiger charge is 2.45.